The average molecular weight is 368 g/mol. The van der Waals surface area contributed by atoms with Gasteiger partial charge >= 0.3 is 5.97 Å². The van der Waals surface area contributed by atoms with Crippen LogP contribution in [0.4, 0.5) is 5.69 Å². The minimum Gasteiger partial charge on any atom is -0.465 e. The number of methoxy groups -OCH3 is 1. The summed E-state index contributed by atoms with van der Waals surface area (Å²) in [4.78, 5) is 42.0. The zero-order valence-electron chi connectivity index (χ0n) is 16.1. The maximum Gasteiger partial charge on any atom is 0.339 e. The number of nitrogens with zero attached hydrogens (tertiary/aromatic N) is 1. The minimum atomic E-state index is -0.547. The van der Waals surface area contributed by atoms with Crippen molar-refractivity contribution in [2.24, 2.45) is 0 Å². The number of aromatic nitrogens is 1. The zero-order chi connectivity index (χ0) is 19.7. The van der Waals surface area contributed by atoms with E-state index in [0.717, 1.165) is 29.7 Å². The highest BCUT2D eigenvalue weighted by Gasteiger charge is 2.28. The molecule has 0 atom stereocenters. The fraction of sp³-hybridized carbons (Fsp3) is 0.381. The molecule has 0 saturated heterocycles. The first-order chi connectivity index (χ1) is 12.8. The number of para-hydroxylation sites is 1. The number of fused-ring (bicyclic) bond motifs is 1. The predicted octanol–water partition coefficient (Wildman–Crippen LogP) is 3.14. The number of aromatic amines is 1. The van der Waals surface area contributed by atoms with Crippen molar-refractivity contribution >= 4 is 23.3 Å². The van der Waals surface area contributed by atoms with Crippen molar-refractivity contribution in [3.63, 3.8) is 0 Å². The Balaban J connectivity index is 1.97. The fourth-order valence-electron chi connectivity index (χ4n) is 3.86. The van der Waals surface area contributed by atoms with Crippen molar-refractivity contribution in [3.8, 4) is 0 Å². The lowest BCUT2D eigenvalue weighted by Gasteiger charge is -2.31. The molecule has 1 aliphatic heterocycles. The lowest BCUT2D eigenvalue weighted by Crippen LogP contribution is -2.37. The summed E-state index contributed by atoms with van der Waals surface area (Å²) in [7, 11) is 1.29. The van der Waals surface area contributed by atoms with Crippen LogP contribution in [0.3, 0.4) is 0 Å². The maximum atomic E-state index is 13.1. The Kier molecular flexibility index (Phi) is 5.17. The molecule has 3 rings (SSSR count). The van der Waals surface area contributed by atoms with E-state index in [-0.39, 0.29) is 23.7 Å². The summed E-state index contributed by atoms with van der Waals surface area (Å²) in [5.41, 5.74) is 4.74. The molecule has 1 aromatic carbocycles. The van der Waals surface area contributed by atoms with Gasteiger partial charge in [-0.2, -0.15) is 0 Å². The van der Waals surface area contributed by atoms with Crippen LogP contribution in [0, 0.1) is 13.8 Å². The van der Waals surface area contributed by atoms with Crippen LogP contribution in [0.25, 0.3) is 0 Å². The average Bonchev–Trinajstić information content (AvgIpc) is 2.97. The van der Waals surface area contributed by atoms with Crippen molar-refractivity contribution in [1.29, 1.82) is 0 Å². The molecule has 0 spiro atoms. The Hall–Kier alpha value is -2.89. The van der Waals surface area contributed by atoms with Gasteiger partial charge in [-0.05, 0) is 43.4 Å². The van der Waals surface area contributed by atoms with Crippen LogP contribution >= 0.6 is 0 Å². The fourth-order valence-corrected chi connectivity index (χ4v) is 3.86. The molecule has 0 radical (unpaired) electrons. The Labute approximate surface area is 158 Å². The molecule has 0 unspecified atom stereocenters. The van der Waals surface area contributed by atoms with Crippen molar-refractivity contribution in [2.75, 3.05) is 18.6 Å². The number of hydrogen-bond acceptors (Lipinski definition) is 4. The van der Waals surface area contributed by atoms with Crippen molar-refractivity contribution < 1.29 is 19.1 Å². The van der Waals surface area contributed by atoms with Gasteiger partial charge in [0.05, 0.1) is 24.8 Å². The molecule has 0 bridgehead atoms. The number of benzene rings is 1. The second-order valence-electron chi connectivity index (χ2n) is 6.93. The second-order valence-corrected chi connectivity index (χ2v) is 6.93. The highest BCUT2D eigenvalue weighted by atomic mass is 16.5. The second kappa shape index (κ2) is 7.39. The van der Waals surface area contributed by atoms with E-state index in [1.807, 2.05) is 25.1 Å². The first-order valence-corrected chi connectivity index (χ1v) is 9.04. The van der Waals surface area contributed by atoms with Crippen LogP contribution in [0.2, 0.25) is 0 Å². The summed E-state index contributed by atoms with van der Waals surface area (Å²) in [5, 5.41) is 0. The van der Waals surface area contributed by atoms with Crippen LogP contribution < -0.4 is 4.90 Å². The summed E-state index contributed by atoms with van der Waals surface area (Å²) in [6.07, 6.45) is 1.85. The maximum absolute atomic E-state index is 13.1. The quantitative estimate of drug-likeness (QED) is 0.664. The van der Waals surface area contributed by atoms with Gasteiger partial charge in [-0.3, -0.25) is 9.59 Å². The van der Waals surface area contributed by atoms with Gasteiger partial charge in [-0.15, -0.1) is 0 Å². The number of ether oxygens (including phenoxy) is 1. The predicted molar refractivity (Wildman–Crippen MR) is 102 cm³/mol. The van der Waals surface area contributed by atoms with Crippen LogP contribution in [-0.4, -0.2) is 36.3 Å². The first-order valence-electron chi connectivity index (χ1n) is 9.04. The third kappa shape index (κ3) is 3.39. The molecule has 1 aromatic heterocycles. The largest absolute Gasteiger partial charge is 0.465 e. The molecule has 142 valence electrons. The van der Waals surface area contributed by atoms with E-state index in [2.05, 4.69) is 4.98 Å². The summed E-state index contributed by atoms with van der Waals surface area (Å²) < 4.78 is 4.86. The summed E-state index contributed by atoms with van der Waals surface area (Å²) in [6.45, 7) is 5.75. The number of carbonyl (C=O) groups excluding carboxylic acids is 3. The number of nitrogens with one attached hydrogen (secondary N) is 1. The van der Waals surface area contributed by atoms with Gasteiger partial charge in [0.1, 0.15) is 0 Å². The third-order valence-electron chi connectivity index (χ3n) is 5.12. The number of ketones is 1. The van der Waals surface area contributed by atoms with Crippen LogP contribution in [-0.2, 0) is 22.4 Å². The standard InChI is InChI=1S/C21H24N2O4/c1-12-7-5-8-15-9-6-10-23(20(12)15)17(25)11-16-18(21(26)27-4)13(2)19(22-16)14(3)24/h5,7-8,22H,6,9-11H2,1-4H3. The molecule has 6 heteroatoms. The Morgan fingerprint density at radius 2 is 1.96 bits per heavy atom. The van der Waals surface area contributed by atoms with Crippen LogP contribution in [0.15, 0.2) is 18.2 Å². The van der Waals surface area contributed by atoms with Crippen LogP contribution in [0.5, 0.6) is 0 Å². The number of rotatable bonds is 4. The van der Waals surface area contributed by atoms with Crippen molar-refractivity contribution in [3.05, 3.63) is 51.8 Å². The number of esters is 1. The zero-order valence-corrected chi connectivity index (χ0v) is 16.1. The molecule has 6 nitrogen and oxygen atoms in total. The van der Waals surface area contributed by atoms with Gasteiger partial charge < -0.3 is 14.6 Å². The smallest absolute Gasteiger partial charge is 0.339 e. The molecule has 1 aliphatic rings. The van der Waals surface area contributed by atoms with E-state index in [1.54, 1.807) is 11.8 Å². The number of H-pyrrole nitrogens is 1. The van der Waals surface area contributed by atoms with Gasteiger partial charge in [0.2, 0.25) is 5.91 Å². The Morgan fingerprint density at radius 3 is 2.63 bits per heavy atom. The number of aryl methyl sites for hydroxylation is 2. The molecule has 0 saturated carbocycles. The molecule has 0 fully saturated rings. The highest BCUT2D eigenvalue weighted by molar-refractivity contribution is 6.03. The molecule has 1 N–H and O–H groups in total. The monoisotopic (exact) mass is 368 g/mol. The number of carbonyl (C=O) groups is 3. The van der Waals surface area contributed by atoms with E-state index in [9.17, 15) is 14.4 Å². The number of anilines is 1. The molecule has 0 aliphatic carbocycles. The Morgan fingerprint density at radius 1 is 1.22 bits per heavy atom. The molecular formula is C21H24N2O4. The van der Waals surface area contributed by atoms with Gasteiger partial charge in [0.25, 0.3) is 0 Å². The third-order valence-corrected chi connectivity index (χ3v) is 5.12. The lowest BCUT2D eigenvalue weighted by molar-refractivity contribution is -0.118. The van der Waals surface area contributed by atoms with E-state index in [0.29, 0.717) is 23.5 Å². The van der Waals surface area contributed by atoms with Gasteiger partial charge in [-0.25, -0.2) is 4.79 Å². The summed E-state index contributed by atoms with van der Waals surface area (Å²) in [6, 6.07) is 6.05. The molecule has 27 heavy (non-hydrogen) atoms. The van der Waals surface area contributed by atoms with E-state index in [4.69, 9.17) is 4.74 Å². The van der Waals surface area contributed by atoms with E-state index < -0.39 is 5.97 Å². The lowest BCUT2D eigenvalue weighted by atomic mass is 9.97. The Bertz CT molecular complexity index is 927. The highest BCUT2D eigenvalue weighted by Crippen LogP contribution is 2.31. The normalized spacial score (nSPS) is 13.3. The van der Waals surface area contributed by atoms with Crippen molar-refractivity contribution in [1.82, 2.24) is 4.98 Å². The van der Waals surface area contributed by atoms with E-state index >= 15 is 0 Å². The number of amides is 1. The molecular weight excluding hydrogens is 344 g/mol. The van der Waals surface area contributed by atoms with Gasteiger partial charge in [0.15, 0.2) is 5.78 Å². The molecule has 2 heterocycles. The number of Topliss-reactive ketones (excluding diaryl/α,β-unsaturated/α-hetero) is 1. The van der Waals surface area contributed by atoms with Gasteiger partial charge in [-0.1, -0.05) is 18.2 Å². The number of hydrogen-bond donors (Lipinski definition) is 1. The van der Waals surface area contributed by atoms with Crippen LogP contribution in [0.1, 0.15) is 56.6 Å². The van der Waals surface area contributed by atoms with Gasteiger partial charge in [0, 0.05) is 24.8 Å². The molecule has 1 amide bonds. The topological polar surface area (TPSA) is 79.5 Å². The van der Waals surface area contributed by atoms with E-state index in [1.165, 1.54) is 14.0 Å². The first kappa shape index (κ1) is 18.9. The molecule has 2 aromatic rings. The summed E-state index contributed by atoms with van der Waals surface area (Å²) in [5.74, 6) is -0.837. The minimum absolute atomic E-state index is 0.00628. The SMILES string of the molecule is COC(=O)c1c(CC(=O)N2CCCc3cccc(C)c32)[nH]c(C(C)=O)c1C. The van der Waals surface area contributed by atoms with Crippen molar-refractivity contribution in [2.45, 2.75) is 40.0 Å². The summed E-state index contributed by atoms with van der Waals surface area (Å²) >= 11 is 0.